The van der Waals surface area contributed by atoms with Crippen LogP contribution in [0.15, 0.2) is 18.2 Å². The molecule has 1 amide bonds. The summed E-state index contributed by atoms with van der Waals surface area (Å²) in [7, 11) is 1.62. The van der Waals surface area contributed by atoms with Gasteiger partial charge in [-0.15, -0.1) is 0 Å². The number of amides is 1. The normalized spacial score (nSPS) is 12.3. The minimum Gasteiger partial charge on any atom is -0.493 e. The monoisotopic (exact) mass is 401 g/mol. The summed E-state index contributed by atoms with van der Waals surface area (Å²) in [5.74, 6) is 1.86. The van der Waals surface area contributed by atoms with Crippen molar-refractivity contribution in [1.29, 1.82) is 0 Å². The number of hydrogen-bond acceptors (Lipinski definition) is 4. The summed E-state index contributed by atoms with van der Waals surface area (Å²) in [4.78, 5) is 12.7. The molecule has 0 bridgehead atoms. The molecule has 1 atom stereocenters. The molecule has 0 spiro atoms. The lowest BCUT2D eigenvalue weighted by Crippen LogP contribution is -2.28. The van der Waals surface area contributed by atoms with Crippen molar-refractivity contribution in [1.82, 2.24) is 15.1 Å². The number of hydrogen-bond donors (Lipinski definition) is 1. The van der Waals surface area contributed by atoms with Gasteiger partial charge in [0.25, 0.3) is 0 Å². The number of rotatable bonds is 9. The fourth-order valence-electron chi connectivity index (χ4n) is 3.35. The lowest BCUT2D eigenvalue weighted by molar-refractivity contribution is -0.121. The Morgan fingerprint density at radius 3 is 2.41 bits per heavy atom. The number of methoxy groups -OCH3 is 1. The van der Waals surface area contributed by atoms with Crippen LogP contribution in [0.4, 0.5) is 0 Å². The first-order valence-corrected chi connectivity index (χ1v) is 10.3. The number of nitrogens with zero attached hydrogens (tertiary/aromatic N) is 2. The molecule has 1 aromatic carbocycles. The topological polar surface area (TPSA) is 65.4 Å². The fourth-order valence-corrected chi connectivity index (χ4v) is 3.35. The first-order valence-electron chi connectivity index (χ1n) is 10.3. The van der Waals surface area contributed by atoms with Crippen molar-refractivity contribution < 1.29 is 14.3 Å². The standard InChI is InChI=1S/C23H35N3O3/c1-14(2)13-26-18(7)20(17(6)25-26)12-23(27)24-16(5)19-9-10-21(29-15(3)4)22(11-19)28-8/h9-11,14-16H,12-13H2,1-8H3,(H,24,27). The lowest BCUT2D eigenvalue weighted by Gasteiger charge is -2.18. The van der Waals surface area contributed by atoms with E-state index in [2.05, 4.69) is 24.3 Å². The second-order valence-corrected chi connectivity index (χ2v) is 8.27. The fraction of sp³-hybridized carbons (Fsp3) is 0.565. The average molecular weight is 402 g/mol. The minimum absolute atomic E-state index is 0.0192. The van der Waals surface area contributed by atoms with Gasteiger partial charge in [-0.3, -0.25) is 9.48 Å². The van der Waals surface area contributed by atoms with E-state index in [0.717, 1.165) is 29.1 Å². The molecular formula is C23H35N3O3. The first kappa shape index (κ1) is 22.8. The van der Waals surface area contributed by atoms with Crippen LogP contribution < -0.4 is 14.8 Å². The van der Waals surface area contributed by atoms with Crippen molar-refractivity contribution in [3.05, 3.63) is 40.7 Å². The third-order valence-electron chi connectivity index (χ3n) is 4.83. The van der Waals surface area contributed by atoms with Gasteiger partial charge < -0.3 is 14.8 Å². The van der Waals surface area contributed by atoms with E-state index in [-0.39, 0.29) is 18.1 Å². The van der Waals surface area contributed by atoms with Crippen molar-refractivity contribution >= 4 is 5.91 Å². The molecule has 29 heavy (non-hydrogen) atoms. The summed E-state index contributed by atoms with van der Waals surface area (Å²) in [5.41, 5.74) is 3.96. The molecule has 1 unspecified atom stereocenters. The Morgan fingerprint density at radius 2 is 1.83 bits per heavy atom. The molecule has 1 heterocycles. The Morgan fingerprint density at radius 1 is 1.14 bits per heavy atom. The summed E-state index contributed by atoms with van der Waals surface area (Å²) in [6, 6.07) is 5.62. The van der Waals surface area contributed by atoms with Gasteiger partial charge in [-0.05, 0) is 58.2 Å². The highest BCUT2D eigenvalue weighted by atomic mass is 16.5. The van der Waals surface area contributed by atoms with Gasteiger partial charge in [0.15, 0.2) is 11.5 Å². The largest absolute Gasteiger partial charge is 0.493 e. The van der Waals surface area contributed by atoms with E-state index < -0.39 is 0 Å². The number of nitrogens with one attached hydrogen (secondary N) is 1. The smallest absolute Gasteiger partial charge is 0.225 e. The maximum absolute atomic E-state index is 12.7. The summed E-state index contributed by atoms with van der Waals surface area (Å²) in [6.45, 7) is 15.1. The number of benzene rings is 1. The number of ether oxygens (including phenoxy) is 2. The van der Waals surface area contributed by atoms with Gasteiger partial charge in [0.2, 0.25) is 5.91 Å². The Balaban J connectivity index is 2.09. The van der Waals surface area contributed by atoms with Crippen molar-refractivity contribution in [3.8, 4) is 11.5 Å². The van der Waals surface area contributed by atoms with Crippen LogP contribution in [-0.4, -0.2) is 28.9 Å². The Hall–Kier alpha value is -2.50. The number of carbonyl (C=O) groups is 1. The minimum atomic E-state index is -0.143. The average Bonchev–Trinajstić information content (AvgIpc) is 2.88. The summed E-state index contributed by atoms with van der Waals surface area (Å²) < 4.78 is 13.2. The van der Waals surface area contributed by atoms with Crippen LogP contribution >= 0.6 is 0 Å². The van der Waals surface area contributed by atoms with Crippen molar-refractivity contribution in [2.75, 3.05) is 7.11 Å². The Kier molecular flexibility index (Phi) is 7.71. The van der Waals surface area contributed by atoms with E-state index in [1.54, 1.807) is 7.11 Å². The maximum atomic E-state index is 12.7. The molecule has 1 aromatic heterocycles. The van der Waals surface area contributed by atoms with E-state index in [9.17, 15) is 4.79 Å². The quantitative estimate of drug-likeness (QED) is 0.677. The molecule has 6 heteroatoms. The molecular weight excluding hydrogens is 366 g/mol. The molecule has 2 aromatic rings. The van der Waals surface area contributed by atoms with Crippen LogP contribution in [0, 0.1) is 19.8 Å². The van der Waals surface area contributed by atoms with Gasteiger partial charge in [-0.1, -0.05) is 19.9 Å². The van der Waals surface area contributed by atoms with Crippen LogP contribution in [0.5, 0.6) is 11.5 Å². The molecule has 0 saturated carbocycles. The van der Waals surface area contributed by atoms with E-state index >= 15 is 0 Å². The zero-order valence-corrected chi connectivity index (χ0v) is 19.0. The first-order chi connectivity index (χ1) is 13.6. The van der Waals surface area contributed by atoms with E-state index in [4.69, 9.17) is 9.47 Å². The van der Waals surface area contributed by atoms with Gasteiger partial charge in [0.1, 0.15) is 0 Å². The van der Waals surface area contributed by atoms with Crippen molar-refractivity contribution in [2.24, 2.45) is 5.92 Å². The maximum Gasteiger partial charge on any atom is 0.225 e. The molecule has 0 radical (unpaired) electrons. The van der Waals surface area contributed by atoms with Crippen LogP contribution in [-0.2, 0) is 17.8 Å². The number of carbonyl (C=O) groups excluding carboxylic acids is 1. The molecule has 1 N–H and O–H groups in total. The van der Waals surface area contributed by atoms with Crippen LogP contribution in [0.3, 0.4) is 0 Å². The SMILES string of the molecule is COc1cc(C(C)NC(=O)Cc2c(C)nn(CC(C)C)c2C)ccc1OC(C)C. The highest BCUT2D eigenvalue weighted by molar-refractivity contribution is 5.79. The lowest BCUT2D eigenvalue weighted by atomic mass is 10.1. The van der Waals surface area contributed by atoms with E-state index in [1.165, 1.54) is 0 Å². The predicted molar refractivity (Wildman–Crippen MR) is 116 cm³/mol. The van der Waals surface area contributed by atoms with Crippen molar-refractivity contribution in [2.45, 2.75) is 73.6 Å². The van der Waals surface area contributed by atoms with Crippen LogP contribution in [0.2, 0.25) is 0 Å². The Bertz CT molecular complexity index is 840. The second kappa shape index (κ2) is 9.81. The molecule has 0 saturated heterocycles. The second-order valence-electron chi connectivity index (χ2n) is 8.27. The highest BCUT2D eigenvalue weighted by Gasteiger charge is 2.18. The Labute approximate surface area is 174 Å². The van der Waals surface area contributed by atoms with Gasteiger partial charge in [0.05, 0.1) is 31.4 Å². The molecule has 0 aliphatic heterocycles. The summed E-state index contributed by atoms with van der Waals surface area (Å²) in [5, 5.41) is 7.69. The zero-order valence-electron chi connectivity index (χ0n) is 19.0. The zero-order chi connectivity index (χ0) is 21.7. The van der Waals surface area contributed by atoms with Gasteiger partial charge >= 0.3 is 0 Å². The van der Waals surface area contributed by atoms with E-state index in [0.29, 0.717) is 23.8 Å². The number of aromatic nitrogens is 2. The highest BCUT2D eigenvalue weighted by Crippen LogP contribution is 2.31. The van der Waals surface area contributed by atoms with Gasteiger partial charge in [-0.2, -0.15) is 5.10 Å². The molecule has 0 aliphatic carbocycles. The third kappa shape index (κ3) is 5.99. The van der Waals surface area contributed by atoms with E-state index in [1.807, 2.05) is 57.5 Å². The van der Waals surface area contributed by atoms with Crippen LogP contribution in [0.25, 0.3) is 0 Å². The molecule has 2 rings (SSSR count). The predicted octanol–water partition coefficient (Wildman–Crippen LogP) is 4.37. The molecule has 0 aliphatic rings. The third-order valence-corrected chi connectivity index (χ3v) is 4.83. The molecule has 0 fully saturated rings. The van der Waals surface area contributed by atoms with Gasteiger partial charge in [0, 0.05) is 17.8 Å². The van der Waals surface area contributed by atoms with Gasteiger partial charge in [-0.25, -0.2) is 0 Å². The number of aryl methyl sites for hydroxylation is 1. The molecule has 160 valence electrons. The van der Waals surface area contributed by atoms with Crippen LogP contribution in [0.1, 0.15) is 63.2 Å². The molecule has 6 nitrogen and oxygen atoms in total. The van der Waals surface area contributed by atoms with Crippen molar-refractivity contribution in [3.63, 3.8) is 0 Å². The summed E-state index contributed by atoms with van der Waals surface area (Å²) >= 11 is 0. The summed E-state index contributed by atoms with van der Waals surface area (Å²) in [6.07, 6.45) is 0.390.